The van der Waals surface area contributed by atoms with Gasteiger partial charge in [0, 0.05) is 36.3 Å². The van der Waals surface area contributed by atoms with Gasteiger partial charge < -0.3 is 5.32 Å². The van der Waals surface area contributed by atoms with Gasteiger partial charge in [0.25, 0.3) is 5.91 Å². The molecule has 26 heavy (non-hydrogen) atoms. The van der Waals surface area contributed by atoms with Crippen LogP contribution in [-0.2, 0) is 12.7 Å². The number of nitrogens with one attached hydrogen (secondary N) is 1. The van der Waals surface area contributed by atoms with E-state index in [1.165, 1.54) is 12.1 Å². The van der Waals surface area contributed by atoms with Crippen molar-refractivity contribution in [3.8, 4) is 11.3 Å². The first-order valence-corrected chi connectivity index (χ1v) is 7.74. The van der Waals surface area contributed by atoms with Gasteiger partial charge in [0.15, 0.2) is 0 Å². The topological polar surface area (TPSA) is 54.9 Å². The van der Waals surface area contributed by atoms with Crippen LogP contribution in [0.5, 0.6) is 0 Å². The first kappa shape index (κ1) is 17.6. The summed E-state index contributed by atoms with van der Waals surface area (Å²) in [4.78, 5) is 20.4. The van der Waals surface area contributed by atoms with Crippen molar-refractivity contribution in [2.45, 2.75) is 12.7 Å². The predicted molar refractivity (Wildman–Crippen MR) is 90.1 cm³/mol. The molecule has 0 atom stereocenters. The van der Waals surface area contributed by atoms with Crippen LogP contribution in [0.15, 0.2) is 67.1 Å². The Morgan fingerprint density at radius 2 is 1.88 bits per heavy atom. The van der Waals surface area contributed by atoms with E-state index in [0.29, 0.717) is 0 Å². The van der Waals surface area contributed by atoms with Crippen molar-refractivity contribution in [1.82, 2.24) is 15.3 Å². The van der Waals surface area contributed by atoms with Crippen molar-refractivity contribution < 1.29 is 18.0 Å². The predicted octanol–water partition coefficient (Wildman–Crippen LogP) is 4.09. The van der Waals surface area contributed by atoms with Crippen molar-refractivity contribution in [1.29, 1.82) is 0 Å². The Labute approximate surface area is 147 Å². The second kappa shape index (κ2) is 7.35. The number of benzene rings is 1. The number of hydrogen-bond acceptors (Lipinski definition) is 3. The zero-order valence-electron chi connectivity index (χ0n) is 13.5. The number of alkyl halides is 3. The van der Waals surface area contributed by atoms with Gasteiger partial charge in [-0.3, -0.25) is 14.8 Å². The number of nitrogens with zero attached hydrogens (tertiary/aromatic N) is 2. The fourth-order valence-electron chi connectivity index (χ4n) is 2.34. The average molecular weight is 357 g/mol. The molecule has 0 radical (unpaired) electrons. The number of halogens is 3. The van der Waals surface area contributed by atoms with E-state index < -0.39 is 17.6 Å². The molecule has 4 nitrogen and oxygen atoms in total. The molecule has 0 aliphatic rings. The third-order valence-electron chi connectivity index (χ3n) is 3.69. The van der Waals surface area contributed by atoms with E-state index in [0.717, 1.165) is 29.0 Å². The molecule has 1 aromatic carbocycles. The van der Waals surface area contributed by atoms with Crippen molar-refractivity contribution >= 4 is 5.91 Å². The van der Waals surface area contributed by atoms with Crippen LogP contribution in [0.3, 0.4) is 0 Å². The van der Waals surface area contributed by atoms with Gasteiger partial charge in [0.2, 0.25) is 0 Å². The van der Waals surface area contributed by atoms with Crippen LogP contribution in [0, 0.1) is 0 Å². The van der Waals surface area contributed by atoms with E-state index in [9.17, 15) is 18.0 Å². The molecule has 0 aliphatic carbocycles. The Morgan fingerprint density at radius 1 is 1.04 bits per heavy atom. The van der Waals surface area contributed by atoms with Crippen LogP contribution in [0.1, 0.15) is 21.5 Å². The zero-order valence-corrected chi connectivity index (χ0v) is 13.5. The van der Waals surface area contributed by atoms with Crippen LogP contribution >= 0.6 is 0 Å². The van der Waals surface area contributed by atoms with Crippen molar-refractivity contribution in [2.24, 2.45) is 0 Å². The van der Waals surface area contributed by atoms with Crippen molar-refractivity contribution in [2.75, 3.05) is 0 Å². The van der Waals surface area contributed by atoms with E-state index in [2.05, 4.69) is 15.3 Å². The highest BCUT2D eigenvalue weighted by atomic mass is 19.4. The minimum absolute atomic E-state index is 0.0419. The molecule has 2 heterocycles. The zero-order chi connectivity index (χ0) is 18.6. The van der Waals surface area contributed by atoms with E-state index in [-0.39, 0.29) is 12.1 Å². The van der Waals surface area contributed by atoms with Gasteiger partial charge in [0.05, 0.1) is 11.3 Å². The normalized spacial score (nSPS) is 11.2. The fourth-order valence-corrected chi connectivity index (χ4v) is 2.34. The van der Waals surface area contributed by atoms with Gasteiger partial charge >= 0.3 is 6.18 Å². The monoisotopic (exact) mass is 357 g/mol. The lowest BCUT2D eigenvalue weighted by molar-refractivity contribution is -0.137. The van der Waals surface area contributed by atoms with Gasteiger partial charge in [-0.15, -0.1) is 0 Å². The summed E-state index contributed by atoms with van der Waals surface area (Å²) >= 11 is 0. The van der Waals surface area contributed by atoms with Crippen LogP contribution in [0.4, 0.5) is 13.2 Å². The minimum atomic E-state index is -4.48. The second-order valence-corrected chi connectivity index (χ2v) is 5.55. The molecule has 0 bridgehead atoms. The van der Waals surface area contributed by atoms with Gasteiger partial charge in [0.1, 0.15) is 0 Å². The molecular formula is C19H14F3N3O. The van der Waals surface area contributed by atoms with Crippen LogP contribution < -0.4 is 5.32 Å². The molecule has 0 unspecified atom stereocenters. The Balaban J connectivity index is 1.65. The Kier molecular flexibility index (Phi) is 4.97. The number of rotatable bonds is 4. The second-order valence-electron chi connectivity index (χ2n) is 5.55. The number of hydrogen-bond donors (Lipinski definition) is 1. The summed E-state index contributed by atoms with van der Waals surface area (Å²) in [5.41, 5.74) is 1.45. The summed E-state index contributed by atoms with van der Waals surface area (Å²) in [7, 11) is 0. The average Bonchev–Trinajstić information content (AvgIpc) is 2.66. The molecule has 2 aromatic heterocycles. The highest BCUT2D eigenvalue weighted by Gasteiger charge is 2.30. The molecule has 3 rings (SSSR count). The van der Waals surface area contributed by atoms with Gasteiger partial charge in [-0.2, -0.15) is 13.2 Å². The third kappa shape index (κ3) is 4.24. The molecule has 132 valence electrons. The molecule has 0 fully saturated rings. The number of amides is 1. The molecular weight excluding hydrogens is 343 g/mol. The number of carbonyl (C=O) groups is 1. The lowest BCUT2D eigenvalue weighted by Gasteiger charge is -2.09. The number of aromatic nitrogens is 2. The Bertz CT molecular complexity index is 894. The Morgan fingerprint density at radius 3 is 2.54 bits per heavy atom. The summed E-state index contributed by atoms with van der Waals surface area (Å²) in [5, 5.41) is 2.59. The van der Waals surface area contributed by atoms with Crippen molar-refractivity contribution in [3.05, 3.63) is 83.8 Å². The molecule has 7 heteroatoms. The maximum atomic E-state index is 12.7. The van der Waals surface area contributed by atoms with Crippen LogP contribution in [0.2, 0.25) is 0 Å². The highest BCUT2D eigenvalue weighted by molar-refractivity contribution is 5.94. The molecule has 0 aliphatic heterocycles. The van der Waals surface area contributed by atoms with E-state index in [1.807, 2.05) is 6.07 Å². The van der Waals surface area contributed by atoms with Crippen LogP contribution in [0.25, 0.3) is 11.3 Å². The fraction of sp³-hybridized carbons (Fsp3) is 0.105. The van der Waals surface area contributed by atoms with Crippen molar-refractivity contribution in [3.63, 3.8) is 0 Å². The quantitative estimate of drug-likeness (QED) is 0.765. The Hall–Kier alpha value is -3.22. The molecule has 0 saturated heterocycles. The lowest BCUT2D eigenvalue weighted by atomic mass is 10.1. The van der Waals surface area contributed by atoms with E-state index in [4.69, 9.17) is 0 Å². The highest BCUT2D eigenvalue weighted by Crippen LogP contribution is 2.29. The number of carbonyl (C=O) groups excluding carboxylic acids is 1. The minimum Gasteiger partial charge on any atom is -0.348 e. The summed E-state index contributed by atoms with van der Waals surface area (Å²) in [6.07, 6.45) is 0.482. The van der Waals surface area contributed by atoms with Gasteiger partial charge in [-0.1, -0.05) is 12.1 Å². The molecule has 1 N–H and O–H groups in total. The molecule has 1 amide bonds. The summed E-state index contributed by atoms with van der Waals surface area (Å²) in [5.74, 6) is -0.576. The summed E-state index contributed by atoms with van der Waals surface area (Å²) in [6, 6.07) is 11.6. The smallest absolute Gasteiger partial charge is 0.348 e. The SMILES string of the molecule is O=C(NCc1ccc(-c2cccnc2)nc1)c1cccc(C(F)(F)F)c1. The number of pyridine rings is 2. The first-order valence-electron chi connectivity index (χ1n) is 7.74. The molecule has 0 saturated carbocycles. The lowest BCUT2D eigenvalue weighted by Crippen LogP contribution is -2.23. The summed E-state index contributed by atoms with van der Waals surface area (Å²) in [6.45, 7) is 0.162. The van der Waals surface area contributed by atoms with E-state index >= 15 is 0 Å². The maximum Gasteiger partial charge on any atom is 0.416 e. The third-order valence-corrected chi connectivity index (χ3v) is 3.69. The maximum absolute atomic E-state index is 12.7. The summed E-state index contributed by atoms with van der Waals surface area (Å²) < 4.78 is 38.1. The van der Waals surface area contributed by atoms with E-state index in [1.54, 1.807) is 36.8 Å². The van der Waals surface area contributed by atoms with Gasteiger partial charge in [-0.25, -0.2) is 0 Å². The molecule has 0 spiro atoms. The first-order chi connectivity index (χ1) is 12.4. The standard InChI is InChI=1S/C19H14F3N3O/c20-19(21,22)16-5-1-3-14(9-16)18(26)25-11-13-6-7-17(24-10-13)15-4-2-8-23-12-15/h1-10,12H,11H2,(H,25,26). The molecule has 3 aromatic rings. The van der Waals surface area contributed by atoms with Gasteiger partial charge in [-0.05, 0) is 42.0 Å². The van der Waals surface area contributed by atoms with Crippen LogP contribution in [-0.4, -0.2) is 15.9 Å². The largest absolute Gasteiger partial charge is 0.416 e.